The van der Waals surface area contributed by atoms with Gasteiger partial charge in [0, 0.05) is 32.3 Å². The summed E-state index contributed by atoms with van der Waals surface area (Å²) in [5.74, 6) is -0.253. The second kappa shape index (κ2) is 6.91. The lowest BCUT2D eigenvalue weighted by molar-refractivity contribution is -0.384. The van der Waals surface area contributed by atoms with E-state index in [-0.39, 0.29) is 11.6 Å². The van der Waals surface area contributed by atoms with Crippen LogP contribution >= 0.6 is 0 Å². The quantitative estimate of drug-likeness (QED) is 0.679. The number of hydrogen-bond acceptors (Lipinski definition) is 4. The largest absolute Gasteiger partial charge is 0.383 e. The van der Waals surface area contributed by atoms with Crippen molar-refractivity contribution in [1.29, 1.82) is 0 Å². The van der Waals surface area contributed by atoms with E-state index in [9.17, 15) is 14.9 Å². The molecule has 0 radical (unpaired) electrons. The van der Waals surface area contributed by atoms with E-state index in [1.54, 1.807) is 31.1 Å². The van der Waals surface area contributed by atoms with Gasteiger partial charge in [-0.2, -0.15) is 0 Å². The number of amides is 1. The third-order valence-electron chi connectivity index (χ3n) is 3.60. The molecule has 0 aliphatic rings. The second-order valence-corrected chi connectivity index (χ2v) is 5.39. The van der Waals surface area contributed by atoms with Crippen LogP contribution in [0.4, 0.5) is 11.4 Å². The van der Waals surface area contributed by atoms with E-state index in [2.05, 4.69) is 5.32 Å². The minimum atomic E-state index is -0.497. The van der Waals surface area contributed by atoms with Crippen LogP contribution in [0.2, 0.25) is 0 Å². The van der Waals surface area contributed by atoms with E-state index in [0.717, 1.165) is 11.1 Å². The Labute approximate surface area is 134 Å². The molecule has 2 aromatic rings. The molecular formula is C17H19N3O3. The number of nitro groups is 1. The number of aryl methyl sites for hydroxylation is 1. The molecule has 2 rings (SSSR count). The third-order valence-corrected chi connectivity index (χ3v) is 3.60. The van der Waals surface area contributed by atoms with Gasteiger partial charge < -0.3 is 10.2 Å². The van der Waals surface area contributed by atoms with Crippen molar-refractivity contribution in [3.8, 4) is 0 Å². The van der Waals surface area contributed by atoms with Gasteiger partial charge in [0.05, 0.1) is 4.92 Å². The highest BCUT2D eigenvalue weighted by Crippen LogP contribution is 2.25. The molecule has 0 aliphatic heterocycles. The van der Waals surface area contributed by atoms with Crippen LogP contribution in [0.15, 0.2) is 42.5 Å². The van der Waals surface area contributed by atoms with Crippen LogP contribution in [0.5, 0.6) is 0 Å². The van der Waals surface area contributed by atoms with E-state index in [0.29, 0.717) is 17.8 Å². The van der Waals surface area contributed by atoms with E-state index in [4.69, 9.17) is 0 Å². The molecular weight excluding hydrogens is 294 g/mol. The highest BCUT2D eigenvalue weighted by Gasteiger charge is 2.19. The molecule has 0 bridgehead atoms. The lowest BCUT2D eigenvalue weighted by Crippen LogP contribution is -2.26. The van der Waals surface area contributed by atoms with Crippen LogP contribution < -0.4 is 5.32 Å². The van der Waals surface area contributed by atoms with Crippen molar-refractivity contribution >= 4 is 17.3 Å². The van der Waals surface area contributed by atoms with Crippen LogP contribution in [0, 0.1) is 17.0 Å². The monoisotopic (exact) mass is 313 g/mol. The van der Waals surface area contributed by atoms with Crippen molar-refractivity contribution < 1.29 is 9.72 Å². The first-order chi connectivity index (χ1) is 10.9. The number of anilines is 1. The minimum absolute atomic E-state index is 0.109. The summed E-state index contributed by atoms with van der Waals surface area (Å²) in [4.78, 5) is 24.6. The summed E-state index contributed by atoms with van der Waals surface area (Å²) in [5.41, 5.74) is 2.73. The molecule has 0 heterocycles. The van der Waals surface area contributed by atoms with Crippen LogP contribution in [0.1, 0.15) is 21.5 Å². The van der Waals surface area contributed by atoms with Crippen LogP contribution in [0.25, 0.3) is 0 Å². The number of nitrogens with one attached hydrogen (secondary N) is 1. The number of nitro benzene ring substituents is 1. The fourth-order valence-electron chi connectivity index (χ4n) is 2.29. The van der Waals surface area contributed by atoms with Gasteiger partial charge in [0.2, 0.25) is 0 Å². The SMILES string of the molecule is CNc1ccc(C(=O)N(C)Cc2ccc(C)cc2)cc1[N+](=O)[O-]. The molecule has 2 aromatic carbocycles. The number of nitrogens with zero attached hydrogens (tertiary/aromatic N) is 2. The Morgan fingerprint density at radius 2 is 1.87 bits per heavy atom. The van der Waals surface area contributed by atoms with Crippen LogP contribution in [0.3, 0.4) is 0 Å². The van der Waals surface area contributed by atoms with E-state index in [1.165, 1.54) is 6.07 Å². The maximum absolute atomic E-state index is 12.5. The van der Waals surface area contributed by atoms with Crippen molar-refractivity contribution in [1.82, 2.24) is 4.90 Å². The van der Waals surface area contributed by atoms with Crippen LogP contribution in [-0.4, -0.2) is 29.8 Å². The first-order valence-corrected chi connectivity index (χ1v) is 7.19. The fraction of sp³-hybridized carbons (Fsp3) is 0.235. The highest BCUT2D eigenvalue weighted by molar-refractivity contribution is 5.95. The van der Waals surface area contributed by atoms with Crippen LogP contribution in [-0.2, 0) is 6.54 Å². The molecule has 120 valence electrons. The molecule has 0 saturated carbocycles. The molecule has 0 fully saturated rings. The number of rotatable bonds is 5. The summed E-state index contributed by atoms with van der Waals surface area (Å²) in [6.07, 6.45) is 0. The molecule has 1 amide bonds. The summed E-state index contributed by atoms with van der Waals surface area (Å²) in [6, 6.07) is 12.3. The molecule has 0 spiro atoms. The van der Waals surface area contributed by atoms with Gasteiger partial charge in [0.25, 0.3) is 11.6 Å². The van der Waals surface area contributed by atoms with E-state index in [1.807, 2.05) is 31.2 Å². The Bertz CT molecular complexity index is 726. The first kappa shape index (κ1) is 16.5. The fourth-order valence-corrected chi connectivity index (χ4v) is 2.29. The summed E-state index contributed by atoms with van der Waals surface area (Å²) < 4.78 is 0. The molecule has 0 unspecified atom stereocenters. The van der Waals surface area contributed by atoms with Gasteiger partial charge in [-0.3, -0.25) is 14.9 Å². The third kappa shape index (κ3) is 3.85. The van der Waals surface area contributed by atoms with Gasteiger partial charge in [0.15, 0.2) is 0 Å². The van der Waals surface area contributed by atoms with Crippen molar-refractivity contribution in [2.45, 2.75) is 13.5 Å². The molecule has 0 atom stereocenters. The zero-order valence-corrected chi connectivity index (χ0v) is 13.4. The zero-order chi connectivity index (χ0) is 17.0. The Kier molecular flexibility index (Phi) is 4.95. The standard InChI is InChI=1S/C17H19N3O3/c1-12-4-6-13(7-5-12)11-19(3)17(21)14-8-9-15(18-2)16(10-14)20(22)23/h4-10,18H,11H2,1-3H3. The second-order valence-electron chi connectivity index (χ2n) is 5.39. The molecule has 6 nitrogen and oxygen atoms in total. The molecule has 6 heteroatoms. The van der Waals surface area contributed by atoms with Gasteiger partial charge in [-0.1, -0.05) is 29.8 Å². The predicted octanol–water partition coefficient (Wildman–Crippen LogP) is 3.22. The Balaban J connectivity index is 2.20. The van der Waals surface area contributed by atoms with Crippen molar-refractivity contribution in [3.05, 3.63) is 69.3 Å². The Hall–Kier alpha value is -2.89. The molecule has 23 heavy (non-hydrogen) atoms. The average Bonchev–Trinajstić information content (AvgIpc) is 2.55. The smallest absolute Gasteiger partial charge is 0.293 e. The molecule has 0 aromatic heterocycles. The molecule has 0 saturated heterocycles. The summed E-state index contributed by atoms with van der Waals surface area (Å²) in [6.45, 7) is 2.45. The van der Waals surface area contributed by atoms with Crippen molar-refractivity contribution in [2.24, 2.45) is 0 Å². The normalized spacial score (nSPS) is 10.2. The van der Waals surface area contributed by atoms with Gasteiger partial charge in [-0.25, -0.2) is 0 Å². The zero-order valence-electron chi connectivity index (χ0n) is 13.4. The lowest BCUT2D eigenvalue weighted by atomic mass is 10.1. The summed E-state index contributed by atoms with van der Waals surface area (Å²) in [5, 5.41) is 13.8. The van der Waals surface area contributed by atoms with Gasteiger partial charge in [0.1, 0.15) is 5.69 Å². The lowest BCUT2D eigenvalue weighted by Gasteiger charge is -2.17. The topological polar surface area (TPSA) is 75.5 Å². The number of carbonyl (C=O) groups is 1. The highest BCUT2D eigenvalue weighted by atomic mass is 16.6. The van der Waals surface area contributed by atoms with Gasteiger partial charge >= 0.3 is 0 Å². The Morgan fingerprint density at radius 3 is 2.43 bits per heavy atom. The van der Waals surface area contributed by atoms with E-state index >= 15 is 0 Å². The maximum Gasteiger partial charge on any atom is 0.293 e. The van der Waals surface area contributed by atoms with Gasteiger partial charge in [-0.15, -0.1) is 0 Å². The van der Waals surface area contributed by atoms with Gasteiger partial charge in [-0.05, 0) is 24.6 Å². The average molecular weight is 313 g/mol. The van der Waals surface area contributed by atoms with Crippen molar-refractivity contribution in [2.75, 3.05) is 19.4 Å². The number of carbonyl (C=O) groups excluding carboxylic acids is 1. The summed E-state index contributed by atoms with van der Waals surface area (Å²) in [7, 11) is 3.29. The summed E-state index contributed by atoms with van der Waals surface area (Å²) >= 11 is 0. The van der Waals surface area contributed by atoms with E-state index < -0.39 is 4.92 Å². The maximum atomic E-state index is 12.5. The van der Waals surface area contributed by atoms with Crippen molar-refractivity contribution in [3.63, 3.8) is 0 Å². The minimum Gasteiger partial charge on any atom is -0.383 e. The molecule has 1 N–H and O–H groups in total. The predicted molar refractivity (Wildman–Crippen MR) is 89.6 cm³/mol. The number of benzene rings is 2. The molecule has 0 aliphatic carbocycles. The first-order valence-electron chi connectivity index (χ1n) is 7.19. The number of hydrogen-bond donors (Lipinski definition) is 1. The Morgan fingerprint density at radius 1 is 1.22 bits per heavy atom.